The van der Waals surface area contributed by atoms with Gasteiger partial charge in [0.1, 0.15) is 5.01 Å². The Kier molecular flexibility index (Phi) is 2.98. The first-order valence-corrected chi connectivity index (χ1v) is 6.96. The van der Waals surface area contributed by atoms with E-state index < -0.39 is 5.76 Å². The second kappa shape index (κ2) is 4.68. The zero-order chi connectivity index (χ0) is 14.3. The topological polar surface area (TPSA) is 96.9 Å². The summed E-state index contributed by atoms with van der Waals surface area (Å²) < 4.78 is 4.97. The van der Waals surface area contributed by atoms with Crippen molar-refractivity contribution in [2.24, 2.45) is 0 Å². The van der Waals surface area contributed by atoms with Crippen LogP contribution in [-0.2, 0) is 0 Å². The van der Waals surface area contributed by atoms with E-state index in [1.807, 2.05) is 20.0 Å². The molecular formula is C13H14N4O2S. The van der Waals surface area contributed by atoms with Gasteiger partial charge in [-0.25, -0.2) is 9.78 Å². The molecule has 7 heteroatoms. The lowest BCUT2D eigenvalue weighted by molar-refractivity contribution is 0.555. The summed E-state index contributed by atoms with van der Waals surface area (Å²) in [6, 6.07) is 3.44. The Morgan fingerprint density at radius 3 is 3.00 bits per heavy atom. The van der Waals surface area contributed by atoms with E-state index in [4.69, 9.17) is 10.2 Å². The van der Waals surface area contributed by atoms with Crippen LogP contribution in [0.5, 0.6) is 0 Å². The van der Waals surface area contributed by atoms with E-state index in [2.05, 4.69) is 15.3 Å². The Morgan fingerprint density at radius 1 is 1.50 bits per heavy atom. The van der Waals surface area contributed by atoms with Crippen molar-refractivity contribution in [3.8, 4) is 0 Å². The molecule has 0 saturated heterocycles. The van der Waals surface area contributed by atoms with Gasteiger partial charge in [-0.2, -0.15) is 0 Å². The molecule has 1 unspecified atom stereocenters. The lowest BCUT2D eigenvalue weighted by Gasteiger charge is -2.14. The minimum absolute atomic E-state index is 0.0343. The molecule has 3 aromatic rings. The Balaban J connectivity index is 1.93. The molecule has 0 aliphatic heterocycles. The molecule has 1 atom stereocenters. The van der Waals surface area contributed by atoms with Crippen molar-refractivity contribution in [1.82, 2.24) is 9.97 Å². The van der Waals surface area contributed by atoms with Gasteiger partial charge in [-0.05, 0) is 19.9 Å². The highest BCUT2D eigenvalue weighted by Crippen LogP contribution is 2.29. The maximum atomic E-state index is 11.2. The number of aromatic amines is 1. The number of anilines is 2. The average Bonchev–Trinajstić information content (AvgIpc) is 2.95. The van der Waals surface area contributed by atoms with Gasteiger partial charge in [0.15, 0.2) is 5.58 Å². The molecule has 4 N–H and O–H groups in total. The number of hydrogen-bond acceptors (Lipinski definition) is 6. The number of nitrogen functional groups attached to an aromatic ring is 1. The van der Waals surface area contributed by atoms with Crippen LogP contribution in [0.3, 0.4) is 0 Å². The van der Waals surface area contributed by atoms with E-state index in [9.17, 15) is 4.79 Å². The number of oxazole rings is 1. The summed E-state index contributed by atoms with van der Waals surface area (Å²) in [5, 5.41) is 4.29. The Hall–Kier alpha value is -2.28. The van der Waals surface area contributed by atoms with Crippen LogP contribution in [0.2, 0.25) is 0 Å². The second-order valence-electron chi connectivity index (χ2n) is 4.63. The van der Waals surface area contributed by atoms with Crippen molar-refractivity contribution in [2.75, 3.05) is 11.1 Å². The molecule has 0 fully saturated rings. The fourth-order valence-electron chi connectivity index (χ4n) is 2.01. The van der Waals surface area contributed by atoms with Gasteiger partial charge in [0, 0.05) is 17.1 Å². The van der Waals surface area contributed by atoms with Crippen LogP contribution >= 0.6 is 11.3 Å². The molecule has 0 bridgehead atoms. The number of aryl methyl sites for hydroxylation is 1. The highest BCUT2D eigenvalue weighted by molar-refractivity contribution is 7.11. The first kappa shape index (κ1) is 12.7. The van der Waals surface area contributed by atoms with Crippen LogP contribution in [0.4, 0.5) is 11.4 Å². The number of rotatable bonds is 3. The number of fused-ring (bicyclic) bond motifs is 1. The quantitative estimate of drug-likeness (QED) is 0.644. The smallest absolute Gasteiger partial charge is 0.408 e. The average molecular weight is 290 g/mol. The zero-order valence-electron chi connectivity index (χ0n) is 11.1. The Morgan fingerprint density at radius 2 is 2.30 bits per heavy atom. The number of H-pyrrole nitrogens is 1. The van der Waals surface area contributed by atoms with E-state index in [1.165, 1.54) is 0 Å². The number of aromatic nitrogens is 2. The van der Waals surface area contributed by atoms with Crippen LogP contribution in [0.15, 0.2) is 27.5 Å². The van der Waals surface area contributed by atoms with Crippen molar-refractivity contribution >= 4 is 33.8 Å². The Labute approximate surface area is 118 Å². The molecule has 104 valence electrons. The third-order valence-corrected chi connectivity index (χ3v) is 4.07. The summed E-state index contributed by atoms with van der Waals surface area (Å²) in [6.45, 7) is 4.03. The summed E-state index contributed by atoms with van der Waals surface area (Å²) in [5.41, 5.74) is 8.32. The normalized spacial score (nSPS) is 12.7. The van der Waals surface area contributed by atoms with E-state index in [0.717, 1.165) is 15.6 Å². The first-order chi connectivity index (χ1) is 9.52. The fraction of sp³-hybridized carbons (Fsp3) is 0.231. The minimum Gasteiger partial charge on any atom is -0.408 e. The van der Waals surface area contributed by atoms with Crippen molar-refractivity contribution < 1.29 is 4.42 Å². The molecule has 0 aliphatic rings. The highest BCUT2D eigenvalue weighted by atomic mass is 32.1. The number of nitrogens with zero attached hydrogens (tertiary/aromatic N) is 1. The molecule has 0 radical (unpaired) electrons. The number of hydrogen-bond donors (Lipinski definition) is 3. The zero-order valence-corrected chi connectivity index (χ0v) is 11.9. The lowest BCUT2D eigenvalue weighted by atomic mass is 10.2. The van der Waals surface area contributed by atoms with Gasteiger partial charge in [0.2, 0.25) is 0 Å². The number of nitrogens with one attached hydrogen (secondary N) is 2. The molecular weight excluding hydrogens is 276 g/mol. The molecule has 2 aromatic heterocycles. The van der Waals surface area contributed by atoms with Crippen LogP contribution in [-0.4, -0.2) is 9.97 Å². The maximum absolute atomic E-state index is 11.2. The molecule has 0 aliphatic carbocycles. The molecule has 2 heterocycles. The molecule has 0 amide bonds. The first-order valence-electron chi connectivity index (χ1n) is 6.14. The summed E-state index contributed by atoms with van der Waals surface area (Å²) in [6.07, 6.45) is 1.85. The molecule has 0 spiro atoms. The summed E-state index contributed by atoms with van der Waals surface area (Å²) >= 11 is 1.64. The fourth-order valence-corrected chi connectivity index (χ4v) is 2.78. The van der Waals surface area contributed by atoms with Gasteiger partial charge in [-0.15, -0.1) is 11.3 Å². The van der Waals surface area contributed by atoms with Gasteiger partial charge in [0.25, 0.3) is 0 Å². The van der Waals surface area contributed by atoms with E-state index in [1.54, 1.807) is 23.5 Å². The van der Waals surface area contributed by atoms with Crippen LogP contribution in [0.1, 0.15) is 22.9 Å². The highest BCUT2D eigenvalue weighted by Gasteiger charge is 2.12. The van der Waals surface area contributed by atoms with Crippen LogP contribution in [0.25, 0.3) is 11.1 Å². The molecule has 6 nitrogen and oxygen atoms in total. The summed E-state index contributed by atoms with van der Waals surface area (Å²) in [5.74, 6) is -0.486. The SMILES string of the molecule is Cc1cnc(C(C)Nc2cc3[nH]c(=O)oc3cc2N)s1. The minimum atomic E-state index is -0.486. The third-order valence-electron chi connectivity index (χ3n) is 2.97. The van der Waals surface area contributed by atoms with Gasteiger partial charge in [-0.1, -0.05) is 0 Å². The third kappa shape index (κ3) is 2.27. The van der Waals surface area contributed by atoms with Crippen molar-refractivity contribution in [2.45, 2.75) is 19.9 Å². The standard InChI is InChI=1S/C13H14N4O2S/c1-6-5-15-12(20-6)7(2)16-9-4-10-11(3-8(9)14)19-13(18)17-10/h3-5,7,16H,14H2,1-2H3,(H,17,18). The molecule has 20 heavy (non-hydrogen) atoms. The second-order valence-corrected chi connectivity index (χ2v) is 5.89. The molecule has 3 rings (SSSR count). The number of thiazole rings is 1. The molecule has 1 aromatic carbocycles. The van der Waals surface area contributed by atoms with E-state index in [0.29, 0.717) is 16.8 Å². The van der Waals surface area contributed by atoms with Crippen molar-refractivity contribution in [1.29, 1.82) is 0 Å². The lowest BCUT2D eigenvalue weighted by Crippen LogP contribution is -2.08. The monoisotopic (exact) mass is 290 g/mol. The largest absolute Gasteiger partial charge is 0.417 e. The van der Waals surface area contributed by atoms with Crippen molar-refractivity contribution in [3.63, 3.8) is 0 Å². The Bertz CT molecular complexity index is 817. The van der Waals surface area contributed by atoms with Gasteiger partial charge < -0.3 is 15.5 Å². The number of benzene rings is 1. The molecule has 0 saturated carbocycles. The van der Waals surface area contributed by atoms with Gasteiger partial charge in [-0.3, -0.25) is 4.98 Å². The van der Waals surface area contributed by atoms with Gasteiger partial charge in [0.05, 0.1) is 22.9 Å². The maximum Gasteiger partial charge on any atom is 0.417 e. The summed E-state index contributed by atoms with van der Waals surface area (Å²) in [7, 11) is 0. The summed E-state index contributed by atoms with van der Waals surface area (Å²) in [4.78, 5) is 19.3. The predicted octanol–water partition coefficient (Wildman–Crippen LogP) is 2.64. The van der Waals surface area contributed by atoms with Crippen LogP contribution in [0, 0.1) is 6.92 Å². The van der Waals surface area contributed by atoms with Crippen LogP contribution < -0.4 is 16.8 Å². The van der Waals surface area contributed by atoms with Crippen molar-refractivity contribution in [3.05, 3.63) is 38.8 Å². The number of nitrogens with two attached hydrogens (primary N) is 1. The van der Waals surface area contributed by atoms with E-state index in [-0.39, 0.29) is 6.04 Å². The van der Waals surface area contributed by atoms with Gasteiger partial charge >= 0.3 is 5.76 Å². The predicted molar refractivity (Wildman–Crippen MR) is 80.1 cm³/mol. The van der Waals surface area contributed by atoms with E-state index >= 15 is 0 Å².